The van der Waals surface area contributed by atoms with Gasteiger partial charge in [0, 0.05) is 22.9 Å². The van der Waals surface area contributed by atoms with Crippen molar-refractivity contribution in [3.63, 3.8) is 0 Å². The average Bonchev–Trinajstić information content (AvgIpc) is 2.78. The molecular weight excluding hydrogens is 453 g/mol. The second-order valence-corrected chi connectivity index (χ2v) is 8.02. The maximum atomic E-state index is 13.2. The van der Waals surface area contributed by atoms with Crippen LogP contribution in [-0.4, -0.2) is 37.2 Å². The van der Waals surface area contributed by atoms with E-state index < -0.39 is 30.4 Å². The molecule has 2 aromatic rings. The summed E-state index contributed by atoms with van der Waals surface area (Å²) in [6, 6.07) is 13.5. The lowest BCUT2D eigenvalue weighted by Gasteiger charge is -2.31. The molecule has 0 saturated carbocycles. The highest BCUT2D eigenvalue weighted by atomic mass is 35.5. The van der Waals surface area contributed by atoms with Crippen LogP contribution in [0.2, 0.25) is 10.0 Å². The second kappa shape index (κ2) is 10.1. The Morgan fingerprint density at radius 2 is 1.69 bits per heavy atom. The fourth-order valence-electron chi connectivity index (χ4n) is 3.75. The molecule has 3 rings (SSSR count). The number of esters is 2. The van der Waals surface area contributed by atoms with E-state index in [0.717, 1.165) is 0 Å². The van der Waals surface area contributed by atoms with Crippen LogP contribution in [0.4, 0.5) is 0 Å². The molecule has 166 valence electrons. The zero-order valence-corrected chi connectivity index (χ0v) is 19.2. The quantitative estimate of drug-likeness (QED) is 0.433. The zero-order chi connectivity index (χ0) is 23.4. The van der Waals surface area contributed by atoms with Crippen LogP contribution in [0.15, 0.2) is 64.8 Å². The molecule has 1 aliphatic rings. The first-order valence-electron chi connectivity index (χ1n) is 9.79. The van der Waals surface area contributed by atoms with Gasteiger partial charge < -0.3 is 9.47 Å². The number of ether oxygens (including phenoxy) is 2. The summed E-state index contributed by atoms with van der Waals surface area (Å²) >= 11 is 12.7. The second-order valence-electron chi connectivity index (χ2n) is 7.24. The molecule has 1 aliphatic heterocycles. The van der Waals surface area contributed by atoms with E-state index in [9.17, 15) is 14.4 Å². The summed E-state index contributed by atoms with van der Waals surface area (Å²) in [5.41, 5.74) is 1.83. The first kappa shape index (κ1) is 23.7. The molecule has 2 atom stereocenters. The van der Waals surface area contributed by atoms with Crippen LogP contribution < -0.4 is 0 Å². The van der Waals surface area contributed by atoms with Gasteiger partial charge in [-0.05, 0) is 25.5 Å². The number of allylic oxidation sites excluding steroid dienone is 1. The number of halogens is 2. The summed E-state index contributed by atoms with van der Waals surface area (Å²) in [7, 11) is 1.26. The van der Waals surface area contributed by atoms with Gasteiger partial charge in [0.05, 0.1) is 22.7 Å². The number of methoxy groups -OCH3 is 1. The van der Waals surface area contributed by atoms with Crippen LogP contribution >= 0.6 is 23.2 Å². The third kappa shape index (κ3) is 4.76. The number of ketones is 1. The number of hydrogen-bond acceptors (Lipinski definition) is 6. The van der Waals surface area contributed by atoms with Crippen molar-refractivity contribution >= 4 is 46.6 Å². The summed E-state index contributed by atoms with van der Waals surface area (Å²) < 4.78 is 10.3. The van der Waals surface area contributed by atoms with Crippen LogP contribution in [-0.2, 0) is 19.1 Å². The van der Waals surface area contributed by atoms with Crippen molar-refractivity contribution in [3.05, 3.63) is 81.0 Å². The van der Waals surface area contributed by atoms with Gasteiger partial charge >= 0.3 is 11.9 Å². The van der Waals surface area contributed by atoms with Gasteiger partial charge in [0.2, 0.25) is 0 Å². The van der Waals surface area contributed by atoms with Gasteiger partial charge in [-0.25, -0.2) is 4.79 Å². The molecule has 0 aromatic heterocycles. The number of Topliss-reactive ketones (excluding diaryl/α,β-unsaturated/α-hetero) is 1. The molecular formula is C24H21Cl2NO5. The predicted octanol–water partition coefficient (Wildman–Crippen LogP) is 5.04. The van der Waals surface area contributed by atoms with Crippen molar-refractivity contribution in [2.75, 3.05) is 13.7 Å². The third-order valence-electron chi connectivity index (χ3n) is 5.25. The molecule has 0 aliphatic carbocycles. The van der Waals surface area contributed by atoms with E-state index in [2.05, 4.69) is 4.99 Å². The SMILES string of the molecule is COC(=O)C1C(C)=NC(C)=C(C(=O)OCC(=O)c2ccccc2)C1c1cccc(Cl)c1Cl. The molecule has 2 unspecified atom stereocenters. The van der Waals surface area contributed by atoms with E-state index in [1.807, 2.05) is 0 Å². The minimum atomic E-state index is -0.910. The summed E-state index contributed by atoms with van der Waals surface area (Å²) in [6.45, 7) is 2.86. The van der Waals surface area contributed by atoms with Gasteiger partial charge in [-0.3, -0.25) is 14.6 Å². The largest absolute Gasteiger partial charge is 0.468 e. The number of hydrogen-bond donors (Lipinski definition) is 0. The lowest BCUT2D eigenvalue weighted by Crippen LogP contribution is -2.36. The van der Waals surface area contributed by atoms with Crippen LogP contribution in [0.5, 0.6) is 0 Å². The van der Waals surface area contributed by atoms with Crippen LogP contribution in [0.1, 0.15) is 35.7 Å². The number of carbonyl (C=O) groups is 3. The van der Waals surface area contributed by atoms with Crippen molar-refractivity contribution in [3.8, 4) is 0 Å². The van der Waals surface area contributed by atoms with Gasteiger partial charge in [0.25, 0.3) is 0 Å². The Bertz CT molecular complexity index is 1120. The van der Waals surface area contributed by atoms with Gasteiger partial charge in [-0.15, -0.1) is 0 Å². The minimum absolute atomic E-state index is 0.121. The monoisotopic (exact) mass is 473 g/mol. The lowest BCUT2D eigenvalue weighted by atomic mass is 9.75. The maximum absolute atomic E-state index is 13.2. The Kier molecular flexibility index (Phi) is 7.48. The Morgan fingerprint density at radius 3 is 2.34 bits per heavy atom. The molecule has 6 nitrogen and oxygen atoms in total. The van der Waals surface area contributed by atoms with Crippen molar-refractivity contribution in [1.29, 1.82) is 0 Å². The molecule has 0 saturated heterocycles. The van der Waals surface area contributed by atoms with E-state index in [4.69, 9.17) is 32.7 Å². The lowest BCUT2D eigenvalue weighted by molar-refractivity contribution is -0.144. The number of aliphatic imine (C=N–C) groups is 1. The summed E-state index contributed by atoms with van der Waals surface area (Å²) in [6.07, 6.45) is 0. The van der Waals surface area contributed by atoms with Gasteiger partial charge in [0.15, 0.2) is 12.4 Å². The summed E-state index contributed by atoms with van der Waals surface area (Å²) in [5.74, 6) is -3.45. The van der Waals surface area contributed by atoms with E-state index in [1.54, 1.807) is 62.4 Å². The zero-order valence-electron chi connectivity index (χ0n) is 17.7. The topological polar surface area (TPSA) is 82.0 Å². The Balaban J connectivity index is 2.00. The third-order valence-corrected chi connectivity index (χ3v) is 6.08. The van der Waals surface area contributed by atoms with Gasteiger partial charge in [-0.1, -0.05) is 65.7 Å². The Morgan fingerprint density at radius 1 is 1.00 bits per heavy atom. The number of rotatable bonds is 6. The van der Waals surface area contributed by atoms with Crippen molar-refractivity contribution < 1.29 is 23.9 Å². The number of nitrogens with zero attached hydrogens (tertiary/aromatic N) is 1. The minimum Gasteiger partial charge on any atom is -0.468 e. The van der Waals surface area contributed by atoms with Crippen LogP contribution in [0, 0.1) is 5.92 Å². The van der Waals surface area contributed by atoms with Gasteiger partial charge in [0.1, 0.15) is 5.92 Å². The van der Waals surface area contributed by atoms with E-state index in [-0.39, 0.29) is 21.4 Å². The molecule has 0 spiro atoms. The molecule has 8 heteroatoms. The molecule has 0 N–H and O–H groups in total. The highest BCUT2D eigenvalue weighted by Gasteiger charge is 2.43. The molecule has 32 heavy (non-hydrogen) atoms. The molecule has 0 fully saturated rings. The fraction of sp³-hybridized carbons (Fsp3) is 0.250. The first-order chi connectivity index (χ1) is 15.3. The average molecular weight is 474 g/mol. The van der Waals surface area contributed by atoms with Crippen molar-refractivity contribution in [2.45, 2.75) is 19.8 Å². The Hall–Kier alpha value is -2.96. The van der Waals surface area contributed by atoms with Crippen molar-refractivity contribution in [2.24, 2.45) is 10.9 Å². The molecule has 0 radical (unpaired) electrons. The van der Waals surface area contributed by atoms with Crippen molar-refractivity contribution in [1.82, 2.24) is 0 Å². The van der Waals surface area contributed by atoms with E-state index >= 15 is 0 Å². The normalized spacial score (nSPS) is 18.1. The molecule has 2 aromatic carbocycles. The Labute approximate surface area is 195 Å². The highest BCUT2D eigenvalue weighted by Crippen LogP contribution is 2.44. The molecule has 1 heterocycles. The van der Waals surface area contributed by atoms with E-state index in [1.165, 1.54) is 7.11 Å². The summed E-state index contributed by atoms with van der Waals surface area (Å²) in [4.78, 5) is 42.6. The van der Waals surface area contributed by atoms with Gasteiger partial charge in [-0.2, -0.15) is 0 Å². The smallest absolute Gasteiger partial charge is 0.336 e. The predicted molar refractivity (Wildman–Crippen MR) is 122 cm³/mol. The maximum Gasteiger partial charge on any atom is 0.336 e. The number of benzene rings is 2. The molecule has 0 bridgehead atoms. The highest BCUT2D eigenvalue weighted by molar-refractivity contribution is 6.42. The van der Waals surface area contributed by atoms with E-state index in [0.29, 0.717) is 22.5 Å². The summed E-state index contributed by atoms with van der Waals surface area (Å²) in [5, 5.41) is 0.485. The standard InChI is InChI=1S/C24H21Cl2NO5/c1-13-19(23(29)31-3)21(16-10-7-11-17(25)22(16)26)20(14(2)27-13)24(30)32-12-18(28)15-8-5-4-6-9-15/h4-11,19,21H,12H2,1-3H3. The van der Waals surface area contributed by atoms with Crippen LogP contribution in [0.25, 0.3) is 0 Å². The first-order valence-corrected chi connectivity index (χ1v) is 10.5. The number of carbonyl (C=O) groups excluding carboxylic acids is 3. The fourth-order valence-corrected chi connectivity index (χ4v) is 4.17. The molecule has 0 amide bonds. The van der Waals surface area contributed by atoms with Crippen LogP contribution in [0.3, 0.4) is 0 Å².